The van der Waals surface area contributed by atoms with Crippen LogP contribution >= 0.6 is 0 Å². The van der Waals surface area contributed by atoms with Crippen LogP contribution in [0.2, 0.25) is 0 Å². The van der Waals surface area contributed by atoms with Crippen LogP contribution in [0.4, 0.5) is 4.79 Å². The number of benzene rings is 1. The number of likely N-dealkylation sites (N-methyl/N-ethyl adjacent to an activating group) is 1. The van der Waals surface area contributed by atoms with Crippen LogP contribution in [0.25, 0.3) is 0 Å². The standard InChI is InChI=1S/C18H29N3O2/c1-15-6-8-16(9-7-15)13-21(11-12-23-3)18(22)19-17-5-4-10-20(2)14-17/h6-9,17H,4-5,10-14H2,1-3H3,(H,19,22)/t17-/m1/s1. The van der Waals surface area contributed by atoms with Crippen molar-refractivity contribution in [3.05, 3.63) is 35.4 Å². The van der Waals surface area contributed by atoms with Gasteiger partial charge in [-0.05, 0) is 38.9 Å². The van der Waals surface area contributed by atoms with E-state index < -0.39 is 0 Å². The maximum absolute atomic E-state index is 12.6. The van der Waals surface area contributed by atoms with Crippen molar-refractivity contribution < 1.29 is 9.53 Å². The van der Waals surface area contributed by atoms with Crippen molar-refractivity contribution >= 4 is 6.03 Å². The fraction of sp³-hybridized carbons (Fsp3) is 0.611. The van der Waals surface area contributed by atoms with E-state index in [4.69, 9.17) is 4.74 Å². The molecule has 0 aliphatic carbocycles. The van der Waals surface area contributed by atoms with Crippen LogP contribution in [-0.2, 0) is 11.3 Å². The molecule has 0 bridgehead atoms. The van der Waals surface area contributed by atoms with Gasteiger partial charge in [0.2, 0.25) is 0 Å². The minimum absolute atomic E-state index is 0.00271. The van der Waals surface area contributed by atoms with Gasteiger partial charge in [0.25, 0.3) is 0 Å². The number of hydrogen-bond acceptors (Lipinski definition) is 3. The molecular weight excluding hydrogens is 290 g/mol. The summed E-state index contributed by atoms with van der Waals surface area (Å²) in [5.41, 5.74) is 2.37. The lowest BCUT2D eigenvalue weighted by molar-refractivity contribution is 0.140. The highest BCUT2D eigenvalue weighted by Gasteiger charge is 2.22. The van der Waals surface area contributed by atoms with Gasteiger partial charge in [0.05, 0.1) is 6.61 Å². The maximum Gasteiger partial charge on any atom is 0.318 e. The van der Waals surface area contributed by atoms with Crippen molar-refractivity contribution in [2.24, 2.45) is 0 Å². The molecular formula is C18H29N3O2. The van der Waals surface area contributed by atoms with Gasteiger partial charge >= 0.3 is 6.03 Å². The maximum atomic E-state index is 12.6. The molecule has 5 nitrogen and oxygen atoms in total. The van der Waals surface area contributed by atoms with E-state index in [-0.39, 0.29) is 12.1 Å². The zero-order chi connectivity index (χ0) is 16.7. The van der Waals surface area contributed by atoms with Gasteiger partial charge in [-0.25, -0.2) is 4.79 Å². The van der Waals surface area contributed by atoms with Gasteiger partial charge < -0.3 is 19.9 Å². The van der Waals surface area contributed by atoms with E-state index in [0.717, 1.165) is 31.5 Å². The van der Waals surface area contributed by atoms with Gasteiger partial charge in [-0.2, -0.15) is 0 Å². The molecule has 0 unspecified atom stereocenters. The topological polar surface area (TPSA) is 44.8 Å². The Hall–Kier alpha value is -1.59. The number of ether oxygens (including phenoxy) is 1. The minimum atomic E-state index is 0.00271. The fourth-order valence-electron chi connectivity index (χ4n) is 2.92. The average molecular weight is 319 g/mol. The van der Waals surface area contributed by atoms with Crippen LogP contribution in [0.5, 0.6) is 0 Å². The van der Waals surface area contributed by atoms with Gasteiger partial charge in [-0.3, -0.25) is 0 Å². The van der Waals surface area contributed by atoms with E-state index in [1.165, 1.54) is 5.56 Å². The minimum Gasteiger partial charge on any atom is -0.383 e. The van der Waals surface area contributed by atoms with E-state index in [1.807, 2.05) is 4.90 Å². The first-order valence-corrected chi connectivity index (χ1v) is 8.37. The molecule has 1 saturated heterocycles. The SMILES string of the molecule is COCCN(Cc1ccc(C)cc1)C(=O)N[C@@H]1CCCN(C)C1. The van der Waals surface area contributed by atoms with E-state index in [2.05, 4.69) is 48.5 Å². The lowest BCUT2D eigenvalue weighted by Gasteiger charge is -2.32. The van der Waals surface area contributed by atoms with Crippen LogP contribution in [-0.4, -0.2) is 62.3 Å². The van der Waals surface area contributed by atoms with E-state index in [1.54, 1.807) is 7.11 Å². The first kappa shape index (κ1) is 17.8. The number of carbonyl (C=O) groups excluding carboxylic acids is 1. The Morgan fingerprint density at radius 1 is 1.39 bits per heavy atom. The van der Waals surface area contributed by atoms with Crippen LogP contribution < -0.4 is 5.32 Å². The third-order valence-electron chi connectivity index (χ3n) is 4.30. The van der Waals surface area contributed by atoms with E-state index in [0.29, 0.717) is 19.7 Å². The van der Waals surface area contributed by atoms with Crippen LogP contribution in [0.15, 0.2) is 24.3 Å². The number of carbonyl (C=O) groups is 1. The first-order valence-electron chi connectivity index (χ1n) is 8.37. The molecule has 23 heavy (non-hydrogen) atoms. The molecule has 1 N–H and O–H groups in total. The molecule has 1 aliphatic rings. The van der Waals surface area contributed by atoms with Gasteiger partial charge in [0.1, 0.15) is 0 Å². The number of piperidine rings is 1. The Morgan fingerprint density at radius 2 is 2.13 bits per heavy atom. The van der Waals surface area contributed by atoms with Crippen molar-refractivity contribution in [2.45, 2.75) is 32.4 Å². The third-order valence-corrected chi connectivity index (χ3v) is 4.30. The molecule has 1 aromatic rings. The summed E-state index contributed by atoms with van der Waals surface area (Å²) >= 11 is 0. The predicted molar refractivity (Wildman–Crippen MR) is 92.5 cm³/mol. The van der Waals surface area contributed by atoms with Gasteiger partial charge in [-0.1, -0.05) is 29.8 Å². The Kier molecular flexibility index (Phi) is 6.86. The summed E-state index contributed by atoms with van der Waals surface area (Å²) < 4.78 is 5.16. The van der Waals surface area contributed by atoms with Crippen LogP contribution in [0.3, 0.4) is 0 Å². The third kappa shape index (κ3) is 5.84. The van der Waals surface area contributed by atoms with Gasteiger partial charge in [-0.15, -0.1) is 0 Å². The second-order valence-electron chi connectivity index (χ2n) is 6.45. The number of aryl methyl sites for hydroxylation is 1. The predicted octanol–water partition coefficient (Wildman–Crippen LogP) is 2.25. The highest BCUT2D eigenvalue weighted by Crippen LogP contribution is 2.11. The van der Waals surface area contributed by atoms with Crippen molar-refractivity contribution in [2.75, 3.05) is 40.4 Å². The monoisotopic (exact) mass is 319 g/mol. The normalized spacial score (nSPS) is 18.7. The summed E-state index contributed by atoms with van der Waals surface area (Å²) in [7, 11) is 3.77. The van der Waals surface area contributed by atoms with Crippen molar-refractivity contribution in [3.8, 4) is 0 Å². The zero-order valence-corrected chi connectivity index (χ0v) is 14.5. The number of methoxy groups -OCH3 is 1. The largest absolute Gasteiger partial charge is 0.383 e. The number of hydrogen-bond donors (Lipinski definition) is 1. The van der Waals surface area contributed by atoms with Crippen molar-refractivity contribution in [3.63, 3.8) is 0 Å². The highest BCUT2D eigenvalue weighted by atomic mass is 16.5. The first-order chi connectivity index (χ1) is 11.1. The molecule has 0 spiro atoms. The smallest absolute Gasteiger partial charge is 0.318 e. The molecule has 0 radical (unpaired) electrons. The quantitative estimate of drug-likeness (QED) is 0.875. The van der Waals surface area contributed by atoms with Crippen LogP contribution in [0.1, 0.15) is 24.0 Å². The number of rotatable bonds is 6. The Morgan fingerprint density at radius 3 is 2.78 bits per heavy atom. The number of urea groups is 1. The molecule has 5 heteroatoms. The zero-order valence-electron chi connectivity index (χ0n) is 14.5. The number of nitrogens with zero attached hydrogens (tertiary/aromatic N) is 2. The summed E-state index contributed by atoms with van der Waals surface area (Å²) in [4.78, 5) is 16.7. The van der Waals surface area contributed by atoms with E-state index in [9.17, 15) is 4.79 Å². The van der Waals surface area contributed by atoms with Crippen molar-refractivity contribution in [1.82, 2.24) is 15.1 Å². The lowest BCUT2D eigenvalue weighted by atomic mass is 10.1. The van der Waals surface area contributed by atoms with Crippen LogP contribution in [0, 0.1) is 6.92 Å². The van der Waals surface area contributed by atoms with Gasteiger partial charge in [0, 0.05) is 32.8 Å². The van der Waals surface area contributed by atoms with E-state index >= 15 is 0 Å². The number of likely N-dealkylation sites (tertiary alicyclic amines) is 1. The molecule has 1 aliphatic heterocycles. The molecule has 0 saturated carbocycles. The summed E-state index contributed by atoms with van der Waals surface area (Å²) in [5.74, 6) is 0. The summed E-state index contributed by atoms with van der Waals surface area (Å²) in [6.45, 7) is 5.86. The number of nitrogens with one attached hydrogen (secondary N) is 1. The molecule has 0 aromatic heterocycles. The Labute approximate surface area is 139 Å². The highest BCUT2D eigenvalue weighted by molar-refractivity contribution is 5.74. The Balaban J connectivity index is 1.95. The molecule has 1 atom stereocenters. The second-order valence-corrected chi connectivity index (χ2v) is 6.45. The van der Waals surface area contributed by atoms with Crippen molar-refractivity contribution in [1.29, 1.82) is 0 Å². The lowest BCUT2D eigenvalue weighted by Crippen LogP contribution is -2.51. The summed E-state index contributed by atoms with van der Waals surface area (Å²) in [6.07, 6.45) is 2.19. The molecule has 2 rings (SSSR count). The number of amides is 2. The fourth-order valence-corrected chi connectivity index (χ4v) is 2.92. The second kappa shape index (κ2) is 8.89. The summed E-state index contributed by atoms with van der Waals surface area (Å²) in [5, 5.41) is 3.18. The Bertz CT molecular complexity index is 490. The van der Waals surface area contributed by atoms with Gasteiger partial charge in [0.15, 0.2) is 0 Å². The molecule has 1 fully saturated rings. The molecule has 128 valence electrons. The molecule has 1 aromatic carbocycles. The molecule has 1 heterocycles. The average Bonchev–Trinajstić information content (AvgIpc) is 2.53. The summed E-state index contributed by atoms with van der Waals surface area (Å²) in [6, 6.07) is 8.57. The molecule has 2 amide bonds.